The number of carbonyl (C=O) groups excluding carboxylic acids is 1. The van der Waals surface area contributed by atoms with Gasteiger partial charge >= 0.3 is 11.7 Å². The normalized spacial score (nSPS) is 17.4. The number of halogens is 1. The summed E-state index contributed by atoms with van der Waals surface area (Å²) in [6, 6.07) is 0.801. The van der Waals surface area contributed by atoms with E-state index in [9.17, 15) is 24.4 Å². The molecule has 2 heterocycles. The van der Waals surface area contributed by atoms with Crippen LogP contribution in [0.2, 0.25) is 0 Å². The minimum Gasteiger partial charge on any atom is -0.433 e. The molecule has 21 heavy (non-hydrogen) atoms. The Labute approximate surface area is 119 Å². The van der Waals surface area contributed by atoms with Crippen LogP contribution in [0.1, 0.15) is 19.8 Å². The Balaban J connectivity index is 2.16. The van der Waals surface area contributed by atoms with Gasteiger partial charge in [-0.25, -0.2) is 9.37 Å². The van der Waals surface area contributed by atoms with Crippen molar-refractivity contribution in [3.8, 4) is 0 Å². The van der Waals surface area contributed by atoms with E-state index in [4.69, 9.17) is 4.74 Å². The molecule has 1 aromatic rings. The van der Waals surface area contributed by atoms with E-state index in [1.54, 1.807) is 4.90 Å². The molecule has 8 nitrogen and oxygen atoms in total. The van der Waals surface area contributed by atoms with E-state index in [2.05, 4.69) is 4.98 Å². The molecule has 0 aromatic carbocycles. The third-order valence-electron chi connectivity index (χ3n) is 3.19. The topological polar surface area (TPSA) is 106 Å². The zero-order chi connectivity index (χ0) is 15.6. The van der Waals surface area contributed by atoms with Gasteiger partial charge in [0, 0.05) is 32.9 Å². The maximum absolute atomic E-state index is 13.1. The van der Waals surface area contributed by atoms with Crippen LogP contribution in [-0.2, 0) is 9.53 Å². The minimum absolute atomic E-state index is 0.0336. The molecule has 0 spiro atoms. The lowest BCUT2D eigenvalue weighted by molar-refractivity contribution is -0.384. The van der Waals surface area contributed by atoms with E-state index in [0.717, 1.165) is 12.3 Å². The maximum Gasteiger partial charge on any atom is 0.314 e. The Morgan fingerprint density at radius 3 is 2.71 bits per heavy atom. The van der Waals surface area contributed by atoms with Crippen molar-refractivity contribution in [2.45, 2.75) is 25.6 Å². The van der Waals surface area contributed by atoms with Gasteiger partial charge in [-0.05, 0) is 0 Å². The monoisotopic (exact) mass is 299 g/mol. The molecule has 1 saturated heterocycles. The molecule has 0 radical (unpaired) electrons. The molecule has 114 valence electrons. The molecule has 0 aliphatic carbocycles. The first-order valence-corrected chi connectivity index (χ1v) is 6.27. The number of nitrogens with zero attached hydrogens (tertiary/aromatic N) is 3. The number of esters is 1. The largest absolute Gasteiger partial charge is 0.433 e. The van der Waals surface area contributed by atoms with Crippen LogP contribution < -0.4 is 4.90 Å². The summed E-state index contributed by atoms with van der Waals surface area (Å²) in [5, 5.41) is 21.0. The van der Waals surface area contributed by atoms with Gasteiger partial charge < -0.3 is 14.7 Å². The molecule has 1 N–H and O–H groups in total. The number of aliphatic hydroxyl groups is 1. The van der Waals surface area contributed by atoms with Crippen LogP contribution in [0, 0.1) is 15.9 Å². The second-order valence-electron chi connectivity index (χ2n) is 4.78. The van der Waals surface area contributed by atoms with E-state index in [-0.39, 0.29) is 31.7 Å². The van der Waals surface area contributed by atoms with Gasteiger partial charge in [-0.1, -0.05) is 0 Å². The Hall–Kier alpha value is -2.29. The third-order valence-corrected chi connectivity index (χ3v) is 3.19. The van der Waals surface area contributed by atoms with Crippen molar-refractivity contribution in [1.29, 1.82) is 0 Å². The Morgan fingerprint density at radius 1 is 1.57 bits per heavy atom. The molecular weight excluding hydrogens is 285 g/mol. The highest BCUT2D eigenvalue weighted by molar-refractivity contribution is 5.66. The van der Waals surface area contributed by atoms with E-state index in [0.29, 0.717) is 0 Å². The van der Waals surface area contributed by atoms with Gasteiger partial charge in [-0.2, -0.15) is 0 Å². The standard InChI is InChI=1S/C12H14FN3O5/c1-8(17)21-12(18)2-4-15(5-3-12)11-10(16(19)20)6-9(13)7-14-11/h6-7,18H,2-5H2,1H3. The first-order valence-electron chi connectivity index (χ1n) is 6.27. The van der Waals surface area contributed by atoms with Crippen LogP contribution in [0.15, 0.2) is 12.3 Å². The van der Waals surface area contributed by atoms with E-state index in [1.165, 1.54) is 6.92 Å². The Bertz CT molecular complexity index is 572. The summed E-state index contributed by atoms with van der Waals surface area (Å²) < 4.78 is 17.9. The van der Waals surface area contributed by atoms with Crippen molar-refractivity contribution in [1.82, 2.24) is 4.98 Å². The second-order valence-corrected chi connectivity index (χ2v) is 4.78. The lowest BCUT2D eigenvalue weighted by Crippen LogP contribution is -2.47. The minimum atomic E-state index is -1.57. The fourth-order valence-electron chi connectivity index (χ4n) is 2.24. The average molecular weight is 299 g/mol. The lowest BCUT2D eigenvalue weighted by Gasteiger charge is -2.37. The molecule has 0 bridgehead atoms. The summed E-state index contributed by atoms with van der Waals surface area (Å²) in [6.07, 6.45) is 1.07. The number of rotatable bonds is 3. The molecule has 1 aromatic heterocycles. The molecule has 0 saturated carbocycles. The van der Waals surface area contributed by atoms with E-state index in [1.807, 2.05) is 0 Å². The summed E-state index contributed by atoms with van der Waals surface area (Å²) >= 11 is 0. The Kier molecular flexibility index (Phi) is 4.03. The van der Waals surface area contributed by atoms with E-state index >= 15 is 0 Å². The van der Waals surface area contributed by atoms with Crippen molar-refractivity contribution in [2.75, 3.05) is 18.0 Å². The molecule has 1 aliphatic heterocycles. The highest BCUT2D eigenvalue weighted by Gasteiger charge is 2.37. The highest BCUT2D eigenvalue weighted by Crippen LogP contribution is 2.31. The quantitative estimate of drug-likeness (QED) is 0.384. The molecule has 9 heteroatoms. The summed E-state index contributed by atoms with van der Waals surface area (Å²) in [5.74, 6) is -2.93. The zero-order valence-corrected chi connectivity index (χ0v) is 11.3. The number of nitro groups is 1. The number of hydrogen-bond acceptors (Lipinski definition) is 7. The number of anilines is 1. The summed E-state index contributed by atoms with van der Waals surface area (Å²) in [6.45, 7) is 1.59. The van der Waals surface area contributed by atoms with Gasteiger partial charge in [0.05, 0.1) is 17.2 Å². The number of carbonyl (C=O) groups is 1. The van der Waals surface area contributed by atoms with Gasteiger partial charge in [-0.15, -0.1) is 0 Å². The predicted octanol–water partition coefficient (Wildman–Crippen LogP) is 0.981. The van der Waals surface area contributed by atoms with Crippen LogP contribution in [0.25, 0.3) is 0 Å². The number of hydrogen-bond donors (Lipinski definition) is 1. The molecule has 1 aliphatic rings. The first-order chi connectivity index (χ1) is 9.81. The fourth-order valence-corrected chi connectivity index (χ4v) is 2.24. The number of piperidine rings is 1. The van der Waals surface area contributed by atoms with Crippen LogP contribution >= 0.6 is 0 Å². The zero-order valence-electron chi connectivity index (χ0n) is 11.3. The van der Waals surface area contributed by atoms with Crippen molar-refractivity contribution in [3.05, 3.63) is 28.2 Å². The molecule has 2 rings (SSSR count). The lowest BCUT2D eigenvalue weighted by atomic mass is 10.0. The van der Waals surface area contributed by atoms with Gasteiger partial charge in [0.1, 0.15) is 5.82 Å². The number of pyridine rings is 1. The SMILES string of the molecule is CC(=O)OC1(O)CCN(c2ncc(F)cc2[N+](=O)[O-])CC1. The van der Waals surface area contributed by atoms with Crippen LogP contribution in [0.3, 0.4) is 0 Å². The maximum atomic E-state index is 13.1. The number of ether oxygens (including phenoxy) is 1. The van der Waals surface area contributed by atoms with Crippen molar-refractivity contribution in [3.63, 3.8) is 0 Å². The smallest absolute Gasteiger partial charge is 0.314 e. The number of aromatic nitrogens is 1. The second kappa shape index (κ2) is 5.60. The molecule has 0 unspecified atom stereocenters. The molecule has 1 fully saturated rings. The third kappa shape index (κ3) is 3.43. The first kappa shape index (κ1) is 15.1. The summed E-state index contributed by atoms with van der Waals surface area (Å²) in [5.41, 5.74) is -0.437. The van der Waals surface area contributed by atoms with Gasteiger partial charge in [-0.3, -0.25) is 14.9 Å². The van der Waals surface area contributed by atoms with Gasteiger partial charge in [0.2, 0.25) is 11.6 Å². The predicted molar refractivity (Wildman–Crippen MR) is 69.0 cm³/mol. The van der Waals surface area contributed by atoms with Crippen LogP contribution in [0.4, 0.5) is 15.9 Å². The van der Waals surface area contributed by atoms with Crippen LogP contribution in [0.5, 0.6) is 0 Å². The molecular formula is C12H14FN3O5. The molecule has 0 amide bonds. The summed E-state index contributed by atoms with van der Waals surface area (Å²) in [7, 11) is 0. The highest BCUT2D eigenvalue weighted by atomic mass is 19.1. The Morgan fingerprint density at radius 2 is 2.19 bits per heavy atom. The van der Waals surface area contributed by atoms with Crippen molar-refractivity contribution < 1.29 is 24.0 Å². The van der Waals surface area contributed by atoms with Crippen molar-refractivity contribution >= 4 is 17.5 Å². The van der Waals surface area contributed by atoms with E-state index < -0.39 is 28.2 Å². The van der Waals surface area contributed by atoms with Crippen LogP contribution in [-0.4, -0.2) is 39.9 Å². The summed E-state index contributed by atoms with van der Waals surface area (Å²) in [4.78, 5) is 26.4. The van der Waals surface area contributed by atoms with Crippen molar-refractivity contribution in [2.24, 2.45) is 0 Å². The van der Waals surface area contributed by atoms with Gasteiger partial charge in [0.15, 0.2) is 0 Å². The van der Waals surface area contributed by atoms with Gasteiger partial charge in [0.25, 0.3) is 0 Å². The average Bonchev–Trinajstić information content (AvgIpc) is 2.38. The molecule has 0 atom stereocenters. The fraction of sp³-hybridized carbons (Fsp3) is 0.500.